The van der Waals surface area contributed by atoms with Crippen LogP contribution in [0.3, 0.4) is 0 Å². The smallest absolute Gasteiger partial charge is 0.338 e. The maximum absolute atomic E-state index is 14.0. The van der Waals surface area contributed by atoms with Gasteiger partial charge in [-0.1, -0.05) is 62.4 Å². The highest BCUT2D eigenvalue weighted by Crippen LogP contribution is 2.69. The van der Waals surface area contributed by atoms with Gasteiger partial charge in [-0.3, -0.25) is 0 Å². The highest BCUT2D eigenvalue weighted by Gasteiger charge is 2.73. The minimum atomic E-state index is -1.66. The van der Waals surface area contributed by atoms with Gasteiger partial charge in [0.15, 0.2) is 25.2 Å². The largest absolute Gasteiger partial charge is 0.459 e. The van der Waals surface area contributed by atoms with Crippen molar-refractivity contribution in [2.24, 2.45) is 28.6 Å². The van der Waals surface area contributed by atoms with Crippen LogP contribution in [0.5, 0.6) is 0 Å². The zero-order valence-corrected chi connectivity index (χ0v) is 47.2. The van der Waals surface area contributed by atoms with Crippen molar-refractivity contribution < 1.29 is 103 Å². The predicted molar refractivity (Wildman–Crippen MR) is 283 cm³/mol. The third-order valence-corrected chi connectivity index (χ3v) is 20.0. The van der Waals surface area contributed by atoms with Crippen LogP contribution in [0.15, 0.2) is 72.8 Å². The molecule has 0 spiro atoms. The van der Waals surface area contributed by atoms with Crippen LogP contribution < -0.4 is 0 Å². The van der Waals surface area contributed by atoms with E-state index >= 15 is 0 Å². The van der Waals surface area contributed by atoms with E-state index in [1.807, 2.05) is 45.1 Å². The van der Waals surface area contributed by atoms with E-state index in [2.05, 4.69) is 6.92 Å². The van der Waals surface area contributed by atoms with Gasteiger partial charge in [-0.2, -0.15) is 0 Å². The molecule has 450 valence electrons. The molecule has 4 saturated heterocycles. The lowest BCUT2D eigenvalue weighted by Crippen LogP contribution is -2.70. The van der Waals surface area contributed by atoms with Gasteiger partial charge in [-0.15, -0.1) is 0 Å². The van der Waals surface area contributed by atoms with Crippen LogP contribution in [0, 0.1) is 28.6 Å². The van der Waals surface area contributed by atoms with Crippen molar-refractivity contribution in [1.82, 2.24) is 0 Å². The molecule has 0 aromatic heterocycles. The van der Waals surface area contributed by atoms with Crippen LogP contribution >= 0.6 is 0 Å². The molecule has 8 aliphatic rings. The lowest BCUT2D eigenvalue weighted by atomic mass is 9.43. The number of aliphatic hydroxyl groups excluding tert-OH is 6. The Kier molecular flexibility index (Phi) is 18.0. The number of carbonyl (C=O) groups is 2. The van der Waals surface area contributed by atoms with E-state index in [0.29, 0.717) is 43.2 Å². The van der Waals surface area contributed by atoms with Crippen molar-refractivity contribution in [2.75, 3.05) is 13.7 Å². The Bertz CT molecular complexity index is 2460. The van der Waals surface area contributed by atoms with Crippen LogP contribution in [0.1, 0.15) is 120 Å². The third kappa shape index (κ3) is 11.3. The van der Waals surface area contributed by atoms with Gasteiger partial charge in [0, 0.05) is 55.5 Å². The summed E-state index contributed by atoms with van der Waals surface area (Å²) in [5, 5.41) is 89.3. The van der Waals surface area contributed by atoms with Gasteiger partial charge >= 0.3 is 11.9 Å². The number of esters is 2. The summed E-state index contributed by atoms with van der Waals surface area (Å²) in [6.45, 7) is 10.4. The minimum Gasteiger partial charge on any atom is -0.459 e. The maximum Gasteiger partial charge on any atom is 0.338 e. The zero-order valence-electron chi connectivity index (χ0n) is 47.2. The molecule has 21 heteroatoms. The second-order valence-corrected chi connectivity index (χ2v) is 24.6. The predicted octanol–water partition coefficient (Wildman–Crippen LogP) is 3.21. The Morgan fingerprint density at radius 3 is 1.84 bits per heavy atom. The van der Waals surface area contributed by atoms with Crippen molar-refractivity contribution in [3.63, 3.8) is 0 Å². The summed E-state index contributed by atoms with van der Waals surface area (Å²) in [5.41, 5.74) is -3.77. The van der Waals surface area contributed by atoms with Crippen molar-refractivity contribution in [1.29, 1.82) is 0 Å². The van der Waals surface area contributed by atoms with Gasteiger partial charge in [0.05, 0.1) is 71.7 Å². The lowest BCUT2D eigenvalue weighted by molar-refractivity contribution is -0.355. The molecule has 4 aliphatic heterocycles. The second kappa shape index (κ2) is 24.1. The molecule has 0 amide bonds. The first kappa shape index (κ1) is 60.6. The molecule has 2 aromatic rings. The first-order valence-corrected chi connectivity index (χ1v) is 29.0. The number of hydrogen-bond donors (Lipinski definition) is 8. The van der Waals surface area contributed by atoms with Gasteiger partial charge < -0.3 is 93.0 Å². The SMILES string of the molecule is CO[C@H]1C[C@H](O[C@H]2CC[C@]3(C)C4C[C@@H](OC(=O)c5ccccc5)[C@]5(C)[C@@H]([C@@H](C)OC(=O)c6ccccc6)CC[C@]5(O)C4C=C[C@@]3(O)C2)O[C@H](C)[C@H]1O[C@H]1C[C@@H](O)C(O[C@H]2C[C@H](O)[C@H](OC3O[C@H](CO)[C@@H](O)[C@H](O)[C@H]3O)[C@@H](C)O2)[C@@H](C)O1. The van der Waals surface area contributed by atoms with E-state index in [1.54, 1.807) is 69.5 Å². The first-order chi connectivity index (χ1) is 38.5. The van der Waals surface area contributed by atoms with E-state index in [4.69, 9.17) is 52.1 Å². The molecule has 0 radical (unpaired) electrons. The molecule has 81 heavy (non-hydrogen) atoms. The van der Waals surface area contributed by atoms with Gasteiger partial charge in [0.1, 0.15) is 54.9 Å². The van der Waals surface area contributed by atoms with Crippen LogP contribution in [-0.2, 0) is 52.1 Å². The van der Waals surface area contributed by atoms with Crippen molar-refractivity contribution in [3.05, 3.63) is 83.9 Å². The topological polar surface area (TPSA) is 298 Å². The van der Waals surface area contributed by atoms with Crippen molar-refractivity contribution >= 4 is 11.9 Å². The number of fused-ring (bicyclic) bond motifs is 5. The highest BCUT2D eigenvalue weighted by atomic mass is 16.8. The average Bonchev–Trinajstić information content (AvgIpc) is 1.91. The Hall–Kier alpha value is -3.56. The van der Waals surface area contributed by atoms with Crippen LogP contribution in [0.2, 0.25) is 0 Å². The minimum absolute atomic E-state index is 0.0216. The van der Waals surface area contributed by atoms with Gasteiger partial charge in [-0.05, 0) is 90.0 Å². The third-order valence-electron chi connectivity index (χ3n) is 20.0. The monoisotopic (exact) mass is 1140 g/mol. The number of methoxy groups -OCH3 is 1. The number of carbonyl (C=O) groups excluding carboxylic acids is 2. The average molecular weight is 1140 g/mol. The second-order valence-electron chi connectivity index (χ2n) is 24.6. The van der Waals surface area contributed by atoms with Crippen LogP contribution in [0.4, 0.5) is 0 Å². The molecule has 4 unspecified atom stereocenters. The highest BCUT2D eigenvalue weighted by molar-refractivity contribution is 5.90. The fourth-order valence-electron chi connectivity index (χ4n) is 15.3. The number of rotatable bonds is 15. The molecule has 8 N–H and O–H groups in total. The number of hydrogen-bond acceptors (Lipinski definition) is 21. The maximum atomic E-state index is 14.0. The molecule has 3 saturated carbocycles. The summed E-state index contributed by atoms with van der Waals surface area (Å²) in [7, 11) is 1.58. The lowest BCUT2D eigenvalue weighted by Gasteiger charge is -2.65. The van der Waals surface area contributed by atoms with Gasteiger partial charge in [-0.25, -0.2) is 9.59 Å². The zero-order chi connectivity index (χ0) is 57.9. The Balaban J connectivity index is 0.757. The molecule has 10 rings (SSSR count). The molecular weight excluding hydrogens is 1060 g/mol. The fourth-order valence-corrected chi connectivity index (χ4v) is 15.3. The molecular formula is C60H84O21. The molecule has 2 aromatic carbocycles. The van der Waals surface area contributed by atoms with E-state index in [-0.39, 0.29) is 37.5 Å². The number of aliphatic hydroxyl groups is 8. The molecule has 21 nitrogen and oxygen atoms in total. The quantitative estimate of drug-likeness (QED) is 0.0938. The van der Waals surface area contributed by atoms with Crippen LogP contribution in [-0.4, -0.2) is 201 Å². The Labute approximate surface area is 472 Å². The molecule has 4 heterocycles. The molecule has 4 aliphatic carbocycles. The molecule has 27 atom stereocenters. The Morgan fingerprint density at radius 1 is 0.679 bits per heavy atom. The summed E-state index contributed by atoms with van der Waals surface area (Å²) >= 11 is 0. The first-order valence-electron chi connectivity index (χ1n) is 29.0. The molecule has 0 bridgehead atoms. The Morgan fingerprint density at radius 2 is 1.25 bits per heavy atom. The number of ether oxygens (including phenoxy) is 11. The molecule has 7 fully saturated rings. The summed E-state index contributed by atoms with van der Waals surface area (Å²) in [4.78, 5) is 27.5. The van der Waals surface area contributed by atoms with Crippen LogP contribution in [0.25, 0.3) is 0 Å². The van der Waals surface area contributed by atoms with E-state index in [1.165, 1.54) is 0 Å². The fraction of sp³-hybridized carbons (Fsp3) is 0.733. The summed E-state index contributed by atoms with van der Waals surface area (Å²) in [5.74, 6) is -2.07. The van der Waals surface area contributed by atoms with Crippen molar-refractivity contribution in [3.8, 4) is 0 Å². The summed E-state index contributed by atoms with van der Waals surface area (Å²) in [6.07, 6.45) is -12.8. The van der Waals surface area contributed by atoms with Crippen molar-refractivity contribution in [2.45, 2.75) is 233 Å². The van der Waals surface area contributed by atoms with E-state index in [9.17, 15) is 50.4 Å². The van der Waals surface area contributed by atoms with E-state index in [0.717, 1.165) is 0 Å². The standard InChI is InChI=1S/C60H84O21/c1-30(75-54(67)34-14-10-8-11-15-34)37-20-23-60(70)38-19-22-59(69)28-36(18-21-57(59,5)39(38)24-44(58(37,60)6)78-55(68)35-16-12-9-13-17-35)76-47-27-42(71-7)53(33(4)74-47)80-46-25-40(62)51(31(2)72-46)79-45-26-41(63)52(32(3)73-45)81-56-50(66)49(65)48(64)43(29-61)77-56/h8-17,19,22,30-33,36-53,56,61-66,69-70H,18,20-21,23-29H2,1-7H3/t30-,31-,32-,33-,36+,37-,38?,39?,40-,41+,42+,43-,44-,45+,46+,47+,48-,49+,50-,51?,52-,53-,56?,57-,58+,59-,60+/m1/s1. The normalized spacial score (nSPS) is 47.3. The summed E-state index contributed by atoms with van der Waals surface area (Å²) < 4.78 is 68.2. The van der Waals surface area contributed by atoms with Gasteiger partial charge in [0.2, 0.25) is 0 Å². The number of benzene rings is 2. The van der Waals surface area contributed by atoms with Gasteiger partial charge in [0.25, 0.3) is 0 Å². The summed E-state index contributed by atoms with van der Waals surface area (Å²) in [6, 6.07) is 17.6. The van der Waals surface area contributed by atoms with E-state index < -0.39 is 169 Å².